The zero-order valence-corrected chi connectivity index (χ0v) is 16.2. The fourth-order valence-corrected chi connectivity index (χ4v) is 3.42. The van der Waals surface area contributed by atoms with Crippen LogP contribution in [0.4, 0.5) is 9.93 Å². The van der Waals surface area contributed by atoms with Gasteiger partial charge in [0.15, 0.2) is 5.13 Å². The molecule has 0 saturated carbocycles. The minimum absolute atomic E-state index is 0.101. The second kappa shape index (κ2) is 8.05. The minimum Gasteiger partial charge on any atom is -0.337 e. The first-order valence-electron chi connectivity index (χ1n) is 7.39. The third kappa shape index (κ3) is 5.19. The summed E-state index contributed by atoms with van der Waals surface area (Å²) in [5.41, 5.74) is 0.663. The molecule has 4 N–H and O–H groups in total. The molecule has 138 valence electrons. The Morgan fingerprint density at radius 3 is 2.65 bits per heavy atom. The van der Waals surface area contributed by atoms with Gasteiger partial charge in [0.2, 0.25) is 10.0 Å². The molecule has 0 aliphatic heterocycles. The Hall–Kier alpha value is -2.12. The summed E-state index contributed by atoms with van der Waals surface area (Å²) in [7, 11) is -3.63. The van der Waals surface area contributed by atoms with Crippen LogP contribution in [0.5, 0.6) is 0 Å². The molecule has 2 amide bonds. The summed E-state index contributed by atoms with van der Waals surface area (Å²) in [6.07, 6.45) is 5.74. The third-order valence-electron chi connectivity index (χ3n) is 3.62. The molecule has 2 aromatic rings. The molecule has 0 aliphatic rings. The van der Waals surface area contributed by atoms with Crippen LogP contribution >= 0.6 is 22.9 Å². The van der Waals surface area contributed by atoms with Crippen LogP contribution in [0, 0.1) is 12.3 Å². The molecule has 1 aromatic heterocycles. The molecule has 7 nitrogen and oxygen atoms in total. The largest absolute Gasteiger partial charge is 0.337 e. The SMILES string of the molecule is C#C[C@](C)(c1ccc(Cl)cc1)c1csc(NC(=O)NCCS(N)(=O)=O)n1. The number of anilines is 1. The van der Waals surface area contributed by atoms with Gasteiger partial charge in [0.1, 0.15) is 0 Å². The van der Waals surface area contributed by atoms with Gasteiger partial charge in [0, 0.05) is 16.9 Å². The van der Waals surface area contributed by atoms with E-state index in [9.17, 15) is 13.2 Å². The van der Waals surface area contributed by atoms with Gasteiger partial charge >= 0.3 is 6.03 Å². The van der Waals surface area contributed by atoms with Gasteiger partial charge in [0.05, 0.1) is 16.9 Å². The fraction of sp³-hybridized carbons (Fsp3) is 0.250. The molecule has 0 spiro atoms. The number of primary sulfonamides is 1. The van der Waals surface area contributed by atoms with Crippen LogP contribution in [-0.2, 0) is 15.4 Å². The molecule has 0 fully saturated rings. The molecule has 1 aromatic carbocycles. The van der Waals surface area contributed by atoms with Gasteiger partial charge in [-0.15, -0.1) is 17.8 Å². The maximum absolute atomic E-state index is 11.8. The van der Waals surface area contributed by atoms with Crippen molar-refractivity contribution in [1.82, 2.24) is 10.3 Å². The monoisotopic (exact) mass is 412 g/mol. The Bertz CT molecular complexity index is 935. The average molecular weight is 413 g/mol. The number of halogens is 1. The summed E-state index contributed by atoms with van der Waals surface area (Å²) < 4.78 is 21.7. The zero-order chi connectivity index (χ0) is 19.4. The highest BCUT2D eigenvalue weighted by Gasteiger charge is 2.29. The molecule has 1 atom stereocenters. The van der Waals surface area contributed by atoms with Crippen molar-refractivity contribution in [1.29, 1.82) is 0 Å². The lowest BCUT2D eigenvalue weighted by Crippen LogP contribution is -2.34. The maximum Gasteiger partial charge on any atom is 0.321 e. The van der Waals surface area contributed by atoms with E-state index in [4.69, 9.17) is 23.2 Å². The van der Waals surface area contributed by atoms with Crippen LogP contribution in [0.25, 0.3) is 0 Å². The number of carbonyl (C=O) groups is 1. The van der Waals surface area contributed by atoms with E-state index in [2.05, 4.69) is 21.5 Å². The van der Waals surface area contributed by atoms with E-state index in [-0.39, 0.29) is 12.3 Å². The Balaban J connectivity index is 2.09. The number of nitrogens with zero attached hydrogens (tertiary/aromatic N) is 1. The molecule has 10 heteroatoms. The number of carbonyl (C=O) groups excluding carboxylic acids is 1. The van der Waals surface area contributed by atoms with Crippen molar-refractivity contribution in [2.75, 3.05) is 17.6 Å². The molecule has 2 rings (SSSR count). The van der Waals surface area contributed by atoms with Gasteiger partial charge in [-0.05, 0) is 24.6 Å². The number of nitrogens with two attached hydrogens (primary N) is 1. The number of nitrogens with one attached hydrogen (secondary N) is 2. The van der Waals surface area contributed by atoms with E-state index in [1.165, 1.54) is 11.3 Å². The van der Waals surface area contributed by atoms with Crippen LogP contribution in [0.1, 0.15) is 18.2 Å². The van der Waals surface area contributed by atoms with E-state index < -0.39 is 21.5 Å². The van der Waals surface area contributed by atoms with Crippen molar-refractivity contribution in [3.8, 4) is 12.3 Å². The number of benzene rings is 1. The number of rotatable bonds is 6. The van der Waals surface area contributed by atoms with Crippen molar-refractivity contribution in [2.45, 2.75) is 12.3 Å². The summed E-state index contributed by atoms with van der Waals surface area (Å²) in [6.45, 7) is 1.75. The minimum atomic E-state index is -3.63. The van der Waals surface area contributed by atoms with Crippen LogP contribution in [0.3, 0.4) is 0 Å². The highest BCUT2D eigenvalue weighted by molar-refractivity contribution is 7.89. The van der Waals surface area contributed by atoms with Crippen LogP contribution in [0.2, 0.25) is 5.02 Å². The summed E-state index contributed by atoms with van der Waals surface area (Å²) in [4.78, 5) is 16.2. The molecular weight excluding hydrogens is 396 g/mol. The number of urea groups is 1. The van der Waals surface area contributed by atoms with E-state index in [0.717, 1.165) is 5.56 Å². The predicted octanol–water partition coefficient (Wildman–Crippen LogP) is 2.15. The van der Waals surface area contributed by atoms with Gasteiger partial charge in [0.25, 0.3) is 0 Å². The number of sulfonamides is 1. The summed E-state index contributed by atoms with van der Waals surface area (Å²) in [6, 6.07) is 6.57. The second-order valence-corrected chi connectivity index (χ2v) is 8.59. The number of aromatic nitrogens is 1. The van der Waals surface area contributed by atoms with Gasteiger partial charge in [-0.3, -0.25) is 5.32 Å². The van der Waals surface area contributed by atoms with E-state index in [1.807, 2.05) is 19.1 Å². The number of thiazole rings is 1. The lowest BCUT2D eigenvalue weighted by molar-refractivity contribution is 0.252. The van der Waals surface area contributed by atoms with Crippen LogP contribution < -0.4 is 15.8 Å². The Morgan fingerprint density at radius 2 is 2.08 bits per heavy atom. The Kier molecular flexibility index (Phi) is 6.26. The number of amides is 2. The number of terminal acetylenes is 1. The highest BCUT2D eigenvalue weighted by atomic mass is 35.5. The molecular formula is C16H17ClN4O3S2. The van der Waals surface area contributed by atoms with Gasteiger partial charge in [-0.2, -0.15) is 0 Å². The molecule has 1 heterocycles. The van der Waals surface area contributed by atoms with Gasteiger partial charge in [-0.1, -0.05) is 29.7 Å². The maximum atomic E-state index is 11.8. The van der Waals surface area contributed by atoms with Crippen LogP contribution in [0.15, 0.2) is 29.6 Å². The van der Waals surface area contributed by atoms with E-state index in [0.29, 0.717) is 15.8 Å². The highest BCUT2D eigenvalue weighted by Crippen LogP contribution is 2.33. The van der Waals surface area contributed by atoms with Gasteiger partial charge < -0.3 is 5.32 Å². The smallest absolute Gasteiger partial charge is 0.321 e. The number of hydrogen-bond donors (Lipinski definition) is 3. The van der Waals surface area contributed by atoms with E-state index >= 15 is 0 Å². The van der Waals surface area contributed by atoms with Crippen LogP contribution in [-0.4, -0.2) is 31.7 Å². The molecule has 0 aliphatic carbocycles. The summed E-state index contributed by atoms with van der Waals surface area (Å²) in [5.74, 6) is 2.39. The molecule has 0 radical (unpaired) electrons. The molecule has 0 saturated heterocycles. The van der Waals surface area contributed by atoms with Crippen molar-refractivity contribution >= 4 is 44.1 Å². The lowest BCUT2D eigenvalue weighted by Gasteiger charge is -2.22. The Morgan fingerprint density at radius 1 is 1.42 bits per heavy atom. The van der Waals surface area contributed by atoms with E-state index in [1.54, 1.807) is 17.5 Å². The quantitative estimate of drug-likeness (QED) is 0.630. The Labute approximate surface area is 161 Å². The molecule has 0 bridgehead atoms. The number of hydrogen-bond acceptors (Lipinski definition) is 5. The lowest BCUT2D eigenvalue weighted by atomic mass is 9.81. The average Bonchev–Trinajstić information content (AvgIpc) is 3.02. The van der Waals surface area contributed by atoms with Crippen molar-refractivity contribution in [3.63, 3.8) is 0 Å². The third-order valence-corrected chi connectivity index (χ3v) is 5.40. The second-order valence-electron chi connectivity index (χ2n) is 5.56. The predicted molar refractivity (Wildman–Crippen MR) is 104 cm³/mol. The summed E-state index contributed by atoms with van der Waals surface area (Å²) in [5, 5.41) is 12.5. The van der Waals surface area contributed by atoms with Gasteiger partial charge in [-0.25, -0.2) is 23.3 Å². The van der Waals surface area contributed by atoms with Crippen molar-refractivity contribution in [3.05, 3.63) is 45.9 Å². The summed E-state index contributed by atoms with van der Waals surface area (Å²) >= 11 is 7.13. The topological polar surface area (TPSA) is 114 Å². The normalized spacial score (nSPS) is 13.5. The first-order chi connectivity index (χ1) is 12.1. The van der Waals surface area contributed by atoms with Crippen molar-refractivity contribution in [2.24, 2.45) is 5.14 Å². The first kappa shape index (κ1) is 20.2. The zero-order valence-electron chi connectivity index (χ0n) is 13.8. The molecule has 0 unspecified atom stereocenters. The standard InChI is InChI=1S/C16H17ClN4O3S2/c1-3-16(2,11-4-6-12(17)7-5-11)13-10-25-15(20-13)21-14(22)19-8-9-26(18,23)24/h1,4-7,10H,8-9H2,2H3,(H2,18,23,24)(H2,19,20,21,22)/t16-/m1/s1. The fourth-order valence-electron chi connectivity index (χ4n) is 2.10. The first-order valence-corrected chi connectivity index (χ1v) is 10.4. The van der Waals surface area contributed by atoms with Crippen molar-refractivity contribution < 1.29 is 13.2 Å². The molecule has 26 heavy (non-hydrogen) atoms.